The maximum atomic E-state index is 7.44. The highest BCUT2D eigenvalue weighted by Gasteiger charge is 2.14. The van der Waals surface area contributed by atoms with Gasteiger partial charge in [-0.15, -0.1) is 0 Å². The number of rotatable bonds is 6. The number of anilines is 1. The maximum Gasteiger partial charge on any atom is 0.122 e. The minimum Gasteiger partial charge on any atom is -0.384 e. The minimum absolute atomic E-state index is 0.0488. The summed E-state index contributed by atoms with van der Waals surface area (Å²) >= 11 is 6.34. The van der Waals surface area contributed by atoms with Gasteiger partial charge in [0, 0.05) is 18.7 Å². The highest BCUT2D eigenvalue weighted by atomic mass is 35.5. The minimum atomic E-state index is 0.0488. The van der Waals surface area contributed by atoms with Gasteiger partial charge in [-0.1, -0.05) is 39.3 Å². The van der Waals surface area contributed by atoms with E-state index in [9.17, 15) is 0 Å². The number of nitrogens with zero attached hydrogens (tertiary/aromatic N) is 1. The van der Waals surface area contributed by atoms with Crippen LogP contribution in [0.5, 0.6) is 0 Å². The lowest BCUT2D eigenvalue weighted by Crippen LogP contribution is -2.31. The highest BCUT2D eigenvalue weighted by Crippen LogP contribution is 2.28. The molecule has 106 valence electrons. The van der Waals surface area contributed by atoms with Crippen LogP contribution >= 0.6 is 11.6 Å². The Balaban J connectivity index is 3.04. The number of nitrogens with two attached hydrogens (primary N) is 1. The monoisotopic (exact) mass is 281 g/mol. The molecular weight excluding hydrogens is 258 g/mol. The molecule has 3 nitrogen and oxygen atoms in total. The standard InChI is InChI=1S/C15H24ClN3/c1-10(2)8-19(9-11(3)4)14-6-5-12(15(17)18)7-13(14)16/h5-7,10-11H,8-9H2,1-4H3,(H3,17,18). The van der Waals surface area contributed by atoms with E-state index in [0.717, 1.165) is 18.8 Å². The molecule has 0 saturated carbocycles. The zero-order valence-corrected chi connectivity index (χ0v) is 13.0. The summed E-state index contributed by atoms with van der Waals surface area (Å²) < 4.78 is 0. The molecule has 0 bridgehead atoms. The molecule has 0 aliphatic rings. The smallest absolute Gasteiger partial charge is 0.122 e. The first-order valence-corrected chi connectivity index (χ1v) is 7.08. The van der Waals surface area contributed by atoms with E-state index >= 15 is 0 Å². The van der Waals surface area contributed by atoms with Crippen molar-refractivity contribution in [3.05, 3.63) is 28.8 Å². The fourth-order valence-electron chi connectivity index (χ4n) is 2.08. The van der Waals surface area contributed by atoms with Gasteiger partial charge in [0.05, 0.1) is 10.7 Å². The Morgan fingerprint density at radius 1 is 1.21 bits per heavy atom. The largest absolute Gasteiger partial charge is 0.384 e. The Bertz CT molecular complexity index is 431. The first-order chi connectivity index (χ1) is 8.81. The SMILES string of the molecule is CC(C)CN(CC(C)C)c1ccc(C(=N)N)cc1Cl. The fourth-order valence-corrected chi connectivity index (χ4v) is 2.38. The molecule has 0 aromatic heterocycles. The summed E-state index contributed by atoms with van der Waals surface area (Å²) in [7, 11) is 0. The van der Waals surface area contributed by atoms with Gasteiger partial charge >= 0.3 is 0 Å². The summed E-state index contributed by atoms with van der Waals surface area (Å²) in [6.45, 7) is 10.7. The van der Waals surface area contributed by atoms with Crippen LogP contribution in [0, 0.1) is 17.2 Å². The second-order valence-corrected chi connectivity index (χ2v) is 6.18. The first-order valence-electron chi connectivity index (χ1n) is 6.70. The number of benzene rings is 1. The normalized spacial score (nSPS) is 11.1. The van der Waals surface area contributed by atoms with Gasteiger partial charge in [0.1, 0.15) is 5.84 Å². The summed E-state index contributed by atoms with van der Waals surface area (Å²) in [4.78, 5) is 2.31. The van der Waals surface area contributed by atoms with Gasteiger partial charge in [0.15, 0.2) is 0 Å². The van der Waals surface area contributed by atoms with Gasteiger partial charge in [-0.3, -0.25) is 5.41 Å². The first kappa shape index (κ1) is 15.8. The summed E-state index contributed by atoms with van der Waals surface area (Å²) in [6, 6.07) is 5.59. The van der Waals surface area contributed by atoms with Crippen LogP contribution in [0.1, 0.15) is 33.3 Å². The third-order valence-corrected chi connectivity index (χ3v) is 3.07. The zero-order chi connectivity index (χ0) is 14.6. The molecule has 4 heteroatoms. The summed E-state index contributed by atoms with van der Waals surface area (Å²) in [5, 5.41) is 8.10. The number of hydrogen-bond acceptors (Lipinski definition) is 2. The van der Waals surface area contributed by atoms with E-state index < -0.39 is 0 Å². The Morgan fingerprint density at radius 2 is 1.74 bits per heavy atom. The molecule has 0 spiro atoms. The summed E-state index contributed by atoms with van der Waals surface area (Å²) in [5.41, 5.74) is 7.17. The number of halogens is 1. The molecule has 1 rings (SSSR count). The maximum absolute atomic E-state index is 7.44. The zero-order valence-electron chi connectivity index (χ0n) is 12.2. The van der Waals surface area contributed by atoms with E-state index in [1.54, 1.807) is 6.07 Å². The lowest BCUT2D eigenvalue weighted by Gasteiger charge is -2.29. The van der Waals surface area contributed by atoms with Gasteiger partial charge < -0.3 is 10.6 Å². The topological polar surface area (TPSA) is 53.1 Å². The fraction of sp³-hybridized carbons (Fsp3) is 0.533. The van der Waals surface area contributed by atoms with Gasteiger partial charge in [0.25, 0.3) is 0 Å². The van der Waals surface area contributed by atoms with Crippen molar-refractivity contribution in [2.24, 2.45) is 17.6 Å². The molecule has 0 unspecified atom stereocenters. The molecule has 0 amide bonds. The van der Waals surface area contributed by atoms with Gasteiger partial charge in [-0.25, -0.2) is 0 Å². The van der Waals surface area contributed by atoms with Gasteiger partial charge in [-0.05, 0) is 30.0 Å². The Morgan fingerprint density at radius 3 is 2.11 bits per heavy atom. The van der Waals surface area contributed by atoms with Crippen molar-refractivity contribution in [3.8, 4) is 0 Å². The molecule has 0 radical (unpaired) electrons. The molecule has 0 fully saturated rings. The van der Waals surface area contributed by atoms with Crippen molar-refractivity contribution < 1.29 is 0 Å². The third kappa shape index (κ3) is 4.75. The summed E-state index contributed by atoms with van der Waals surface area (Å²) in [5.74, 6) is 1.19. The second-order valence-electron chi connectivity index (χ2n) is 5.77. The molecule has 1 aromatic rings. The highest BCUT2D eigenvalue weighted by molar-refractivity contribution is 6.33. The van der Waals surface area contributed by atoms with Crippen molar-refractivity contribution in [1.82, 2.24) is 0 Å². The molecule has 19 heavy (non-hydrogen) atoms. The van der Waals surface area contributed by atoms with Crippen molar-refractivity contribution in [2.45, 2.75) is 27.7 Å². The Labute approximate surface area is 121 Å². The lowest BCUT2D eigenvalue weighted by molar-refractivity contribution is 0.553. The molecule has 3 N–H and O–H groups in total. The van der Waals surface area contributed by atoms with E-state index in [1.165, 1.54) is 0 Å². The Kier molecular flexibility index (Phi) is 5.67. The molecular formula is C15H24ClN3. The number of nitrogens with one attached hydrogen (secondary N) is 1. The van der Waals surface area contributed by atoms with E-state index in [0.29, 0.717) is 22.4 Å². The molecule has 0 aliphatic carbocycles. The van der Waals surface area contributed by atoms with Crippen molar-refractivity contribution in [1.29, 1.82) is 5.41 Å². The van der Waals surface area contributed by atoms with E-state index in [-0.39, 0.29) is 5.84 Å². The molecule has 0 heterocycles. The van der Waals surface area contributed by atoms with Crippen molar-refractivity contribution in [3.63, 3.8) is 0 Å². The number of nitrogen functional groups attached to an aromatic ring is 1. The summed E-state index contributed by atoms with van der Waals surface area (Å²) in [6.07, 6.45) is 0. The van der Waals surface area contributed by atoms with Crippen LogP contribution in [-0.2, 0) is 0 Å². The predicted octanol–water partition coefficient (Wildman–Crippen LogP) is 3.74. The van der Waals surface area contributed by atoms with Crippen molar-refractivity contribution in [2.75, 3.05) is 18.0 Å². The van der Waals surface area contributed by atoms with E-state index in [2.05, 4.69) is 32.6 Å². The Hall–Kier alpha value is -1.22. The molecule has 0 atom stereocenters. The van der Waals surface area contributed by atoms with Gasteiger partial charge in [-0.2, -0.15) is 0 Å². The average Bonchev–Trinajstić information content (AvgIpc) is 2.26. The lowest BCUT2D eigenvalue weighted by atomic mass is 10.1. The van der Waals surface area contributed by atoms with Crippen LogP contribution < -0.4 is 10.6 Å². The predicted molar refractivity (Wildman–Crippen MR) is 84.4 cm³/mol. The van der Waals surface area contributed by atoms with Crippen LogP contribution in [-0.4, -0.2) is 18.9 Å². The van der Waals surface area contributed by atoms with Crippen LogP contribution in [0.4, 0.5) is 5.69 Å². The second kappa shape index (κ2) is 6.80. The third-order valence-electron chi connectivity index (χ3n) is 2.77. The average molecular weight is 282 g/mol. The van der Waals surface area contributed by atoms with E-state index in [1.807, 2.05) is 12.1 Å². The van der Waals surface area contributed by atoms with Crippen LogP contribution in [0.2, 0.25) is 5.02 Å². The quantitative estimate of drug-likeness (QED) is 0.616. The number of hydrogen-bond donors (Lipinski definition) is 2. The van der Waals surface area contributed by atoms with Crippen LogP contribution in [0.3, 0.4) is 0 Å². The van der Waals surface area contributed by atoms with Crippen LogP contribution in [0.25, 0.3) is 0 Å². The molecule has 0 aliphatic heterocycles. The molecule has 1 aromatic carbocycles. The van der Waals surface area contributed by atoms with Crippen LogP contribution in [0.15, 0.2) is 18.2 Å². The van der Waals surface area contributed by atoms with Crippen molar-refractivity contribution >= 4 is 23.1 Å². The van der Waals surface area contributed by atoms with E-state index in [4.69, 9.17) is 22.7 Å². The number of amidine groups is 1. The molecule has 0 saturated heterocycles. The van der Waals surface area contributed by atoms with Gasteiger partial charge in [0.2, 0.25) is 0 Å².